The number of rotatable bonds is 3. The van der Waals surface area contributed by atoms with E-state index in [1.54, 1.807) is 4.90 Å². The quantitative estimate of drug-likeness (QED) is 0.867. The molecule has 0 amide bonds. The Morgan fingerprint density at radius 3 is 2.45 bits per heavy atom. The Morgan fingerprint density at radius 1 is 1.30 bits per heavy atom. The summed E-state index contributed by atoms with van der Waals surface area (Å²) >= 11 is 0. The standard InChI is InChI=1S/C14H22F3NO2/c1-12(19,14(15,16)17)8-18-9-13(5-3-6-13)11(18)10-4-2-7-20-10/h10-11,19H,2-9H2,1H3/t10-,11-,12-/m0/s1. The van der Waals surface area contributed by atoms with Crippen molar-refractivity contribution < 1.29 is 23.0 Å². The molecule has 0 aromatic rings. The summed E-state index contributed by atoms with van der Waals surface area (Å²) in [4.78, 5) is 1.79. The molecule has 0 aromatic heterocycles. The van der Waals surface area contributed by atoms with Gasteiger partial charge in [0.25, 0.3) is 0 Å². The summed E-state index contributed by atoms with van der Waals surface area (Å²) in [5, 5.41) is 9.70. The average Bonchev–Trinajstić information content (AvgIpc) is 2.72. The second kappa shape index (κ2) is 4.58. The number of hydrogen-bond acceptors (Lipinski definition) is 3. The van der Waals surface area contributed by atoms with E-state index in [1.807, 2.05) is 0 Å². The van der Waals surface area contributed by atoms with E-state index in [0.29, 0.717) is 13.2 Å². The van der Waals surface area contributed by atoms with Gasteiger partial charge in [-0.3, -0.25) is 4.90 Å². The zero-order valence-corrected chi connectivity index (χ0v) is 11.7. The molecular weight excluding hydrogens is 271 g/mol. The summed E-state index contributed by atoms with van der Waals surface area (Å²) < 4.78 is 44.2. The Hall–Kier alpha value is -0.330. The number of halogens is 3. The molecule has 1 saturated carbocycles. The molecule has 0 bridgehead atoms. The van der Waals surface area contributed by atoms with E-state index in [-0.39, 0.29) is 24.1 Å². The molecule has 3 atom stereocenters. The zero-order valence-electron chi connectivity index (χ0n) is 11.7. The van der Waals surface area contributed by atoms with Crippen LogP contribution in [0.15, 0.2) is 0 Å². The van der Waals surface area contributed by atoms with Crippen LogP contribution in [0.1, 0.15) is 39.0 Å². The third-order valence-electron chi connectivity index (χ3n) is 5.33. The molecule has 3 fully saturated rings. The number of nitrogens with zero attached hydrogens (tertiary/aromatic N) is 1. The van der Waals surface area contributed by atoms with Crippen LogP contribution < -0.4 is 0 Å². The van der Waals surface area contributed by atoms with Gasteiger partial charge in [0.05, 0.1) is 6.10 Å². The summed E-state index contributed by atoms with van der Waals surface area (Å²) in [5.41, 5.74) is -2.48. The third kappa shape index (κ3) is 2.16. The molecule has 0 aromatic carbocycles. The van der Waals surface area contributed by atoms with Crippen molar-refractivity contribution in [3.8, 4) is 0 Å². The van der Waals surface area contributed by atoms with Gasteiger partial charge in [0, 0.05) is 31.2 Å². The van der Waals surface area contributed by atoms with Crippen LogP contribution in [0.2, 0.25) is 0 Å². The Bertz CT molecular complexity index is 373. The predicted molar refractivity (Wildman–Crippen MR) is 67.3 cm³/mol. The highest BCUT2D eigenvalue weighted by atomic mass is 19.4. The van der Waals surface area contributed by atoms with Gasteiger partial charge in [-0.05, 0) is 32.6 Å². The van der Waals surface area contributed by atoms with Gasteiger partial charge in [0.2, 0.25) is 0 Å². The fourth-order valence-electron chi connectivity index (χ4n) is 4.08. The van der Waals surface area contributed by atoms with Crippen molar-refractivity contribution in [3.05, 3.63) is 0 Å². The van der Waals surface area contributed by atoms with Gasteiger partial charge < -0.3 is 9.84 Å². The van der Waals surface area contributed by atoms with E-state index in [2.05, 4.69) is 0 Å². The molecule has 1 N–H and O–H groups in total. The molecule has 20 heavy (non-hydrogen) atoms. The molecule has 3 aliphatic rings. The first-order valence-electron chi connectivity index (χ1n) is 7.40. The van der Waals surface area contributed by atoms with Gasteiger partial charge in [0.15, 0.2) is 5.60 Å². The lowest BCUT2D eigenvalue weighted by Gasteiger charge is -2.65. The van der Waals surface area contributed by atoms with Gasteiger partial charge in [-0.15, -0.1) is 0 Å². The fraction of sp³-hybridized carbons (Fsp3) is 1.00. The normalized spacial score (nSPS) is 36.5. The number of hydrogen-bond donors (Lipinski definition) is 1. The second-order valence-corrected chi connectivity index (χ2v) is 6.89. The highest BCUT2D eigenvalue weighted by molar-refractivity contribution is 5.13. The topological polar surface area (TPSA) is 32.7 Å². The van der Waals surface area contributed by atoms with E-state index in [4.69, 9.17) is 4.74 Å². The number of alkyl halides is 3. The van der Waals surface area contributed by atoms with E-state index in [1.165, 1.54) is 0 Å². The first-order chi connectivity index (χ1) is 9.25. The molecule has 2 aliphatic heterocycles. The van der Waals surface area contributed by atoms with Crippen molar-refractivity contribution in [1.29, 1.82) is 0 Å². The van der Waals surface area contributed by atoms with Crippen LogP contribution in [0, 0.1) is 5.41 Å². The van der Waals surface area contributed by atoms with Crippen LogP contribution in [-0.2, 0) is 4.74 Å². The van der Waals surface area contributed by atoms with Crippen LogP contribution in [0.25, 0.3) is 0 Å². The number of aliphatic hydroxyl groups is 1. The Balaban J connectivity index is 1.70. The van der Waals surface area contributed by atoms with Crippen molar-refractivity contribution in [1.82, 2.24) is 4.90 Å². The van der Waals surface area contributed by atoms with Crippen LogP contribution in [0.5, 0.6) is 0 Å². The first-order valence-corrected chi connectivity index (χ1v) is 7.40. The number of β-amino-alcohol motifs (C(OH)–C–C–N with tert-alkyl or cyclic N) is 1. The van der Waals surface area contributed by atoms with Crippen molar-refractivity contribution in [2.45, 2.75) is 63.0 Å². The van der Waals surface area contributed by atoms with Crippen LogP contribution in [-0.4, -0.2) is 53.6 Å². The maximum absolute atomic E-state index is 12.8. The minimum Gasteiger partial charge on any atom is -0.380 e. The maximum atomic E-state index is 12.8. The molecule has 0 radical (unpaired) electrons. The van der Waals surface area contributed by atoms with Crippen molar-refractivity contribution in [2.75, 3.05) is 19.7 Å². The van der Waals surface area contributed by atoms with E-state index >= 15 is 0 Å². The summed E-state index contributed by atoms with van der Waals surface area (Å²) in [7, 11) is 0. The fourth-order valence-corrected chi connectivity index (χ4v) is 4.08. The minimum absolute atomic E-state index is 0.0492. The highest BCUT2D eigenvalue weighted by Gasteiger charge is 2.62. The van der Waals surface area contributed by atoms with Gasteiger partial charge >= 0.3 is 6.18 Å². The molecule has 0 unspecified atom stereocenters. The van der Waals surface area contributed by atoms with Gasteiger partial charge in [-0.25, -0.2) is 0 Å². The smallest absolute Gasteiger partial charge is 0.380 e. The van der Waals surface area contributed by atoms with Crippen molar-refractivity contribution in [2.24, 2.45) is 5.41 Å². The minimum atomic E-state index is -4.59. The van der Waals surface area contributed by atoms with Crippen molar-refractivity contribution in [3.63, 3.8) is 0 Å². The molecule has 1 aliphatic carbocycles. The summed E-state index contributed by atoms with van der Waals surface area (Å²) in [6.45, 7) is 1.90. The summed E-state index contributed by atoms with van der Waals surface area (Å²) in [6, 6.07) is 0.0626. The Labute approximate surface area is 117 Å². The average molecular weight is 293 g/mol. The molecule has 3 rings (SSSR count). The maximum Gasteiger partial charge on any atom is 0.418 e. The van der Waals surface area contributed by atoms with E-state index in [9.17, 15) is 18.3 Å². The lowest BCUT2D eigenvalue weighted by Crippen LogP contribution is -2.73. The SMILES string of the molecule is C[C@](O)(CN1CC2(CCC2)[C@@H]1[C@@H]1CCCO1)C(F)(F)F. The second-order valence-electron chi connectivity index (χ2n) is 6.89. The lowest BCUT2D eigenvalue weighted by atomic mass is 9.56. The molecule has 3 nitrogen and oxygen atoms in total. The largest absolute Gasteiger partial charge is 0.418 e. The van der Waals surface area contributed by atoms with Crippen LogP contribution >= 0.6 is 0 Å². The third-order valence-corrected chi connectivity index (χ3v) is 5.33. The van der Waals surface area contributed by atoms with Gasteiger partial charge in [-0.2, -0.15) is 13.2 Å². The van der Waals surface area contributed by atoms with E-state index in [0.717, 1.165) is 39.0 Å². The first kappa shape index (κ1) is 14.6. The predicted octanol–water partition coefficient (Wildman–Crippen LogP) is 2.33. The van der Waals surface area contributed by atoms with Gasteiger partial charge in [0.1, 0.15) is 0 Å². The number of likely N-dealkylation sites (tertiary alicyclic amines) is 1. The number of ether oxygens (including phenoxy) is 1. The van der Waals surface area contributed by atoms with E-state index < -0.39 is 11.8 Å². The molecule has 2 heterocycles. The van der Waals surface area contributed by atoms with Crippen LogP contribution in [0.4, 0.5) is 13.2 Å². The van der Waals surface area contributed by atoms with Crippen LogP contribution in [0.3, 0.4) is 0 Å². The molecule has 2 saturated heterocycles. The summed E-state index contributed by atoms with van der Waals surface area (Å²) in [5.74, 6) is 0. The Kier molecular flexibility index (Phi) is 3.34. The lowest BCUT2D eigenvalue weighted by molar-refractivity contribution is -0.276. The van der Waals surface area contributed by atoms with Gasteiger partial charge in [-0.1, -0.05) is 6.42 Å². The highest BCUT2D eigenvalue weighted by Crippen LogP contribution is 2.56. The molecule has 6 heteroatoms. The monoisotopic (exact) mass is 293 g/mol. The molecular formula is C14H22F3NO2. The zero-order chi connectivity index (χ0) is 14.6. The molecule has 1 spiro atoms. The summed E-state index contributed by atoms with van der Waals surface area (Å²) in [6.07, 6.45) is 0.707. The Morgan fingerprint density at radius 2 is 2.00 bits per heavy atom. The molecule has 116 valence electrons. The van der Waals surface area contributed by atoms with Crippen molar-refractivity contribution >= 4 is 0 Å².